The number of benzene rings is 1. The third-order valence-corrected chi connectivity index (χ3v) is 7.45. The zero-order valence-electron chi connectivity index (χ0n) is 22.1. The molecular formula is C25H31F4N7O2S. The molecular weight excluding hydrogens is 538 g/mol. The Labute approximate surface area is 226 Å². The minimum absolute atomic E-state index is 0.0340. The number of likely N-dealkylation sites (N-methyl/N-ethyl adjacent to an activating group) is 1. The van der Waals surface area contributed by atoms with E-state index in [9.17, 15) is 17.4 Å². The SMILES string of the molecule is Cc1nc(-c2nc(NC3CCN(S(C)=O)CC3)ncc2C(F)(F)F)cn1-c1ccc(OCCN(C)C)cc1F. The average molecular weight is 570 g/mol. The van der Waals surface area contributed by atoms with Gasteiger partial charge in [-0.15, -0.1) is 0 Å². The Morgan fingerprint density at radius 3 is 2.54 bits per heavy atom. The molecule has 1 fully saturated rings. The van der Waals surface area contributed by atoms with Crippen LogP contribution < -0.4 is 10.1 Å². The number of hydrogen-bond donors (Lipinski definition) is 1. The molecule has 0 spiro atoms. The molecule has 1 aliphatic heterocycles. The van der Waals surface area contributed by atoms with Crippen LogP contribution in [0.4, 0.5) is 23.5 Å². The second-order valence-corrected chi connectivity index (χ2v) is 10.9. The van der Waals surface area contributed by atoms with Crippen molar-refractivity contribution in [1.29, 1.82) is 0 Å². The van der Waals surface area contributed by atoms with Crippen molar-refractivity contribution in [2.45, 2.75) is 32.0 Å². The van der Waals surface area contributed by atoms with E-state index in [2.05, 4.69) is 20.3 Å². The summed E-state index contributed by atoms with van der Waals surface area (Å²) in [4.78, 5) is 14.3. The third-order valence-electron chi connectivity index (χ3n) is 6.36. The minimum atomic E-state index is -4.72. The fourth-order valence-electron chi connectivity index (χ4n) is 4.24. The van der Waals surface area contributed by atoms with Gasteiger partial charge in [0, 0.05) is 50.4 Å². The lowest BCUT2D eigenvalue weighted by atomic mass is 10.1. The van der Waals surface area contributed by atoms with Gasteiger partial charge >= 0.3 is 6.18 Å². The van der Waals surface area contributed by atoms with Gasteiger partial charge in [-0.05, 0) is 46.0 Å². The molecule has 1 unspecified atom stereocenters. The summed E-state index contributed by atoms with van der Waals surface area (Å²) in [6.07, 6.45) is 0.230. The number of aryl methyl sites for hydroxylation is 1. The number of ether oxygens (including phenoxy) is 1. The van der Waals surface area contributed by atoms with E-state index in [1.807, 2.05) is 23.3 Å². The Hall–Kier alpha value is -3.10. The number of anilines is 1. The molecule has 3 heterocycles. The zero-order valence-corrected chi connectivity index (χ0v) is 22.9. The summed E-state index contributed by atoms with van der Waals surface area (Å²) < 4.78 is 77.1. The molecule has 1 atom stereocenters. The van der Waals surface area contributed by atoms with Crippen LogP contribution in [0.3, 0.4) is 0 Å². The Morgan fingerprint density at radius 1 is 1.21 bits per heavy atom. The van der Waals surface area contributed by atoms with Gasteiger partial charge in [0.1, 0.15) is 35.1 Å². The summed E-state index contributed by atoms with van der Waals surface area (Å²) in [7, 11) is 2.72. The van der Waals surface area contributed by atoms with Crippen molar-refractivity contribution in [3.05, 3.63) is 47.8 Å². The number of nitrogens with one attached hydrogen (secondary N) is 1. The second kappa shape index (κ2) is 12.0. The first-order valence-electron chi connectivity index (χ1n) is 12.4. The zero-order chi connectivity index (χ0) is 28.3. The molecule has 1 saturated heterocycles. The number of imidazole rings is 1. The summed E-state index contributed by atoms with van der Waals surface area (Å²) in [6, 6.07) is 4.24. The highest BCUT2D eigenvalue weighted by Crippen LogP contribution is 2.36. The monoisotopic (exact) mass is 569 g/mol. The lowest BCUT2D eigenvalue weighted by Gasteiger charge is -2.30. The van der Waals surface area contributed by atoms with E-state index < -0.39 is 34.2 Å². The van der Waals surface area contributed by atoms with Gasteiger partial charge in [-0.2, -0.15) is 13.2 Å². The van der Waals surface area contributed by atoms with Gasteiger partial charge in [-0.3, -0.25) is 0 Å². The topological polar surface area (TPSA) is 88.4 Å². The Bertz CT molecular complexity index is 1320. The molecule has 14 heteroatoms. The second-order valence-electron chi connectivity index (χ2n) is 9.53. The summed E-state index contributed by atoms with van der Waals surface area (Å²) in [6.45, 7) is 3.78. The minimum Gasteiger partial charge on any atom is -0.492 e. The van der Waals surface area contributed by atoms with Crippen LogP contribution in [0.1, 0.15) is 24.2 Å². The maximum atomic E-state index is 15.0. The molecule has 0 radical (unpaired) electrons. The van der Waals surface area contributed by atoms with Crippen LogP contribution in [-0.4, -0.2) is 85.6 Å². The van der Waals surface area contributed by atoms with Gasteiger partial charge in [-0.25, -0.2) is 27.9 Å². The largest absolute Gasteiger partial charge is 0.492 e. The normalized spacial score (nSPS) is 16.0. The van der Waals surface area contributed by atoms with Crippen LogP contribution in [0.5, 0.6) is 5.75 Å². The fraction of sp³-hybridized carbons (Fsp3) is 0.480. The number of aromatic nitrogens is 4. The van der Waals surface area contributed by atoms with Crippen molar-refractivity contribution in [1.82, 2.24) is 28.7 Å². The molecule has 0 bridgehead atoms. The fourth-order valence-corrected chi connectivity index (χ4v) is 4.97. The van der Waals surface area contributed by atoms with Gasteiger partial charge in [0.05, 0.1) is 16.7 Å². The van der Waals surface area contributed by atoms with E-state index in [0.29, 0.717) is 44.8 Å². The van der Waals surface area contributed by atoms with Crippen LogP contribution in [0.25, 0.3) is 17.1 Å². The van der Waals surface area contributed by atoms with Gasteiger partial charge in [0.15, 0.2) is 5.82 Å². The molecule has 4 rings (SSSR count). The number of alkyl halides is 3. The lowest BCUT2D eigenvalue weighted by Crippen LogP contribution is -2.39. The third kappa shape index (κ3) is 7.11. The van der Waals surface area contributed by atoms with Crippen LogP contribution in [0.15, 0.2) is 30.6 Å². The predicted molar refractivity (Wildman–Crippen MR) is 141 cm³/mol. The predicted octanol–water partition coefficient (Wildman–Crippen LogP) is 3.91. The summed E-state index contributed by atoms with van der Waals surface area (Å²) in [5, 5.41) is 3.09. The van der Waals surface area contributed by atoms with E-state index in [-0.39, 0.29) is 29.2 Å². The maximum Gasteiger partial charge on any atom is 0.420 e. The Morgan fingerprint density at radius 2 is 1.92 bits per heavy atom. The van der Waals surface area contributed by atoms with E-state index in [1.165, 1.54) is 22.9 Å². The molecule has 212 valence electrons. The summed E-state index contributed by atoms with van der Waals surface area (Å²) in [5.74, 6) is 0.0564. The molecule has 1 N–H and O–H groups in total. The van der Waals surface area contributed by atoms with Crippen LogP contribution >= 0.6 is 0 Å². The molecule has 0 amide bonds. The van der Waals surface area contributed by atoms with E-state index >= 15 is 4.39 Å². The highest BCUT2D eigenvalue weighted by atomic mass is 32.2. The van der Waals surface area contributed by atoms with E-state index in [1.54, 1.807) is 19.2 Å². The smallest absolute Gasteiger partial charge is 0.420 e. The van der Waals surface area contributed by atoms with Gasteiger partial charge < -0.3 is 19.5 Å². The number of nitrogens with zero attached hydrogens (tertiary/aromatic N) is 6. The maximum absolute atomic E-state index is 15.0. The first-order chi connectivity index (χ1) is 18.4. The number of halogens is 4. The van der Waals surface area contributed by atoms with Crippen molar-refractivity contribution in [3.8, 4) is 22.8 Å². The molecule has 1 aromatic carbocycles. The van der Waals surface area contributed by atoms with Crippen molar-refractivity contribution in [3.63, 3.8) is 0 Å². The molecule has 2 aromatic heterocycles. The van der Waals surface area contributed by atoms with E-state index in [0.717, 1.165) is 6.20 Å². The molecule has 9 nitrogen and oxygen atoms in total. The van der Waals surface area contributed by atoms with Crippen molar-refractivity contribution in [2.24, 2.45) is 0 Å². The standard InChI is InChI=1S/C25H31F4N7O2S/c1-16-31-21(15-36(16)22-6-5-18(13-20(22)26)38-12-11-34(2)3)23-19(25(27,28)29)14-30-24(33-23)32-17-7-9-35(10-8-17)39(4)37/h5-6,13-15,17H,7-12H2,1-4H3,(H,30,32,33). The highest BCUT2D eigenvalue weighted by Gasteiger charge is 2.36. The number of hydrogen-bond acceptors (Lipinski definition) is 7. The quantitative estimate of drug-likeness (QED) is 0.391. The molecule has 1 aliphatic rings. The first-order valence-corrected chi connectivity index (χ1v) is 13.9. The Balaban J connectivity index is 1.60. The highest BCUT2D eigenvalue weighted by molar-refractivity contribution is 7.81. The molecule has 39 heavy (non-hydrogen) atoms. The molecule has 0 aliphatic carbocycles. The van der Waals surface area contributed by atoms with Crippen molar-refractivity contribution >= 4 is 16.9 Å². The Kier molecular flexibility index (Phi) is 8.86. The molecule has 3 aromatic rings. The van der Waals surface area contributed by atoms with Crippen LogP contribution in [0.2, 0.25) is 0 Å². The first kappa shape index (κ1) is 28.9. The number of piperidine rings is 1. The van der Waals surface area contributed by atoms with Crippen molar-refractivity contribution < 1.29 is 26.5 Å². The average Bonchev–Trinajstić information content (AvgIpc) is 3.24. The lowest BCUT2D eigenvalue weighted by molar-refractivity contribution is -0.137. The van der Waals surface area contributed by atoms with Crippen LogP contribution in [0, 0.1) is 12.7 Å². The molecule has 0 saturated carbocycles. The number of rotatable bonds is 9. The van der Waals surface area contributed by atoms with Gasteiger partial charge in [0.2, 0.25) is 5.95 Å². The van der Waals surface area contributed by atoms with E-state index in [4.69, 9.17) is 4.74 Å². The van der Waals surface area contributed by atoms with Crippen LogP contribution in [-0.2, 0) is 17.2 Å². The summed E-state index contributed by atoms with van der Waals surface area (Å²) >= 11 is 0. The van der Waals surface area contributed by atoms with Gasteiger partial charge in [-0.1, -0.05) is 0 Å². The van der Waals surface area contributed by atoms with Gasteiger partial charge in [0.25, 0.3) is 0 Å². The summed E-state index contributed by atoms with van der Waals surface area (Å²) in [5.41, 5.74) is -1.39. The van der Waals surface area contributed by atoms with Crippen molar-refractivity contribution in [2.75, 3.05) is 51.9 Å².